The van der Waals surface area contributed by atoms with Crippen molar-refractivity contribution in [3.05, 3.63) is 82.9 Å². The average Bonchev–Trinajstić information content (AvgIpc) is 3.53. The molecule has 11 nitrogen and oxygen atoms in total. The summed E-state index contributed by atoms with van der Waals surface area (Å²) in [6.07, 6.45) is 0. The summed E-state index contributed by atoms with van der Waals surface area (Å²) in [5.41, 5.74) is 3.18. The summed E-state index contributed by atoms with van der Waals surface area (Å²) in [4.78, 5) is 45.4. The molecule has 0 saturated carbocycles. The Balaban J connectivity index is 1.21. The lowest BCUT2D eigenvalue weighted by atomic mass is 10.1. The van der Waals surface area contributed by atoms with Gasteiger partial charge in [-0.1, -0.05) is 0 Å². The highest BCUT2D eigenvalue weighted by Crippen LogP contribution is 2.33. The zero-order chi connectivity index (χ0) is 29.1. The number of hydrogen-bond donors (Lipinski definition) is 2. The predicted octanol–water partition coefficient (Wildman–Crippen LogP) is 2.55. The van der Waals surface area contributed by atoms with Crippen molar-refractivity contribution in [2.24, 2.45) is 0 Å². The van der Waals surface area contributed by atoms with E-state index in [0.717, 1.165) is 18.8 Å². The Bertz CT molecular complexity index is 1550. The molecule has 3 aliphatic heterocycles. The molecular weight excluding hydrogens is 536 g/mol. The summed E-state index contributed by atoms with van der Waals surface area (Å²) in [6, 6.07) is 19.0. The number of nitrogens with zero attached hydrogens (tertiary/aromatic N) is 4. The molecule has 2 fully saturated rings. The summed E-state index contributed by atoms with van der Waals surface area (Å²) < 4.78 is 10.8. The van der Waals surface area contributed by atoms with Gasteiger partial charge in [-0.25, -0.2) is 0 Å². The third-order valence-corrected chi connectivity index (χ3v) is 7.70. The van der Waals surface area contributed by atoms with Gasteiger partial charge in [0.25, 0.3) is 17.7 Å². The molecule has 6 rings (SSSR count). The Hall–Kier alpha value is -5.08. The molecule has 3 aromatic carbocycles. The Morgan fingerprint density at radius 2 is 1.36 bits per heavy atom. The molecule has 2 saturated heterocycles. The van der Waals surface area contributed by atoms with Crippen molar-refractivity contribution < 1.29 is 23.9 Å². The Morgan fingerprint density at radius 3 is 2.07 bits per heavy atom. The second kappa shape index (κ2) is 11.8. The molecule has 0 aliphatic carbocycles. The molecule has 0 spiro atoms. The minimum Gasteiger partial charge on any atom is -0.454 e. The van der Waals surface area contributed by atoms with Gasteiger partial charge in [-0.15, -0.1) is 0 Å². The number of nitrogens with one attached hydrogen (secondary N) is 2. The van der Waals surface area contributed by atoms with Gasteiger partial charge in [-0.2, -0.15) is 5.26 Å². The number of nitriles is 1. The van der Waals surface area contributed by atoms with Crippen LogP contribution in [0.2, 0.25) is 0 Å². The van der Waals surface area contributed by atoms with E-state index in [1.165, 1.54) is 0 Å². The average molecular weight is 567 g/mol. The van der Waals surface area contributed by atoms with Gasteiger partial charge < -0.3 is 34.8 Å². The Labute approximate surface area is 243 Å². The molecule has 3 heterocycles. The maximum absolute atomic E-state index is 13.3. The van der Waals surface area contributed by atoms with Crippen LogP contribution in [0.3, 0.4) is 0 Å². The number of rotatable bonds is 5. The first-order valence-electron chi connectivity index (χ1n) is 13.9. The normalized spacial score (nSPS) is 16.1. The monoisotopic (exact) mass is 566 g/mol. The first-order chi connectivity index (χ1) is 20.5. The van der Waals surface area contributed by atoms with E-state index in [2.05, 4.69) is 21.6 Å². The van der Waals surface area contributed by atoms with Crippen molar-refractivity contribution in [1.82, 2.24) is 15.1 Å². The van der Waals surface area contributed by atoms with E-state index in [0.29, 0.717) is 78.7 Å². The number of hydrogen-bond acceptors (Lipinski definition) is 8. The number of piperazine rings is 2. The van der Waals surface area contributed by atoms with Crippen LogP contribution in [0, 0.1) is 11.3 Å². The van der Waals surface area contributed by atoms with Crippen molar-refractivity contribution in [3.8, 4) is 17.6 Å². The van der Waals surface area contributed by atoms with Crippen LogP contribution in [0.4, 0.5) is 11.4 Å². The third kappa shape index (κ3) is 5.57. The number of carbonyl (C=O) groups is 3. The molecule has 0 bridgehead atoms. The first kappa shape index (κ1) is 27.1. The highest BCUT2D eigenvalue weighted by Gasteiger charge is 2.27. The van der Waals surface area contributed by atoms with E-state index in [1.807, 2.05) is 6.07 Å². The van der Waals surface area contributed by atoms with Crippen LogP contribution in [0.5, 0.6) is 11.5 Å². The van der Waals surface area contributed by atoms with Crippen molar-refractivity contribution in [2.45, 2.75) is 0 Å². The minimum atomic E-state index is -0.343. The SMILES string of the molecule is N#Cc1ccc(C(=O)Nc2cc(C(=O)N3CCNCC3)ccc2N2CCN(C(=O)c3ccc4c(c3)OCO4)CC2)cc1. The summed E-state index contributed by atoms with van der Waals surface area (Å²) >= 11 is 0. The van der Waals surface area contributed by atoms with E-state index in [-0.39, 0.29) is 24.5 Å². The van der Waals surface area contributed by atoms with Gasteiger partial charge in [0.15, 0.2) is 11.5 Å². The van der Waals surface area contributed by atoms with Crippen LogP contribution >= 0.6 is 0 Å². The second-order valence-corrected chi connectivity index (χ2v) is 10.3. The van der Waals surface area contributed by atoms with E-state index in [9.17, 15) is 14.4 Å². The Kier molecular flexibility index (Phi) is 7.62. The fourth-order valence-corrected chi connectivity index (χ4v) is 5.35. The van der Waals surface area contributed by atoms with Crippen molar-refractivity contribution in [2.75, 3.05) is 69.4 Å². The fourth-order valence-electron chi connectivity index (χ4n) is 5.35. The molecule has 0 aromatic heterocycles. The quantitative estimate of drug-likeness (QED) is 0.483. The van der Waals surface area contributed by atoms with Gasteiger partial charge in [0.1, 0.15) is 0 Å². The zero-order valence-electron chi connectivity index (χ0n) is 23.0. The molecule has 3 aromatic rings. The van der Waals surface area contributed by atoms with E-state index >= 15 is 0 Å². The van der Waals surface area contributed by atoms with Crippen LogP contribution < -0.4 is 25.0 Å². The van der Waals surface area contributed by atoms with Crippen LogP contribution in [0.1, 0.15) is 36.6 Å². The van der Waals surface area contributed by atoms with Crippen molar-refractivity contribution in [1.29, 1.82) is 5.26 Å². The van der Waals surface area contributed by atoms with Gasteiger partial charge in [0.05, 0.1) is 23.0 Å². The summed E-state index contributed by atoms with van der Waals surface area (Å²) in [7, 11) is 0. The van der Waals surface area contributed by atoms with E-state index < -0.39 is 0 Å². The standard InChI is InChI=1S/C31H30N6O5/c32-19-21-1-3-22(4-2-21)29(38)34-25-17-23(30(39)36-11-9-33-10-12-36)5-7-26(25)35-13-15-37(16-14-35)31(40)24-6-8-27-28(18-24)42-20-41-27/h1-8,17-18,33H,9-16,20H2,(H,34,38). The maximum Gasteiger partial charge on any atom is 0.255 e. The number of anilines is 2. The summed E-state index contributed by atoms with van der Waals surface area (Å²) in [5, 5.41) is 15.3. The molecule has 0 unspecified atom stereocenters. The van der Waals surface area contributed by atoms with Crippen LogP contribution in [-0.2, 0) is 0 Å². The Morgan fingerprint density at radius 1 is 0.738 bits per heavy atom. The molecule has 0 radical (unpaired) electrons. The van der Waals surface area contributed by atoms with Crippen LogP contribution in [-0.4, -0.2) is 86.7 Å². The van der Waals surface area contributed by atoms with Gasteiger partial charge in [-0.3, -0.25) is 14.4 Å². The van der Waals surface area contributed by atoms with Gasteiger partial charge in [0.2, 0.25) is 6.79 Å². The topological polar surface area (TPSA) is 127 Å². The third-order valence-electron chi connectivity index (χ3n) is 7.70. The number of amides is 3. The summed E-state index contributed by atoms with van der Waals surface area (Å²) in [5.74, 6) is 0.683. The maximum atomic E-state index is 13.3. The fraction of sp³-hybridized carbons (Fsp3) is 0.290. The van der Waals surface area contributed by atoms with E-state index in [1.54, 1.807) is 64.4 Å². The summed E-state index contributed by atoms with van der Waals surface area (Å²) in [6.45, 7) is 4.91. The largest absolute Gasteiger partial charge is 0.454 e. The molecule has 3 amide bonds. The highest BCUT2D eigenvalue weighted by molar-refractivity contribution is 6.07. The van der Waals surface area contributed by atoms with Crippen molar-refractivity contribution >= 4 is 29.1 Å². The predicted molar refractivity (Wildman–Crippen MR) is 155 cm³/mol. The lowest BCUT2D eigenvalue weighted by molar-refractivity contribution is 0.0731. The smallest absolute Gasteiger partial charge is 0.255 e. The number of carbonyl (C=O) groups excluding carboxylic acids is 3. The molecule has 214 valence electrons. The molecule has 3 aliphatic rings. The molecule has 11 heteroatoms. The first-order valence-corrected chi connectivity index (χ1v) is 13.9. The van der Waals surface area contributed by atoms with Gasteiger partial charge in [-0.05, 0) is 60.7 Å². The van der Waals surface area contributed by atoms with Gasteiger partial charge >= 0.3 is 0 Å². The van der Waals surface area contributed by atoms with E-state index in [4.69, 9.17) is 14.7 Å². The highest BCUT2D eigenvalue weighted by atomic mass is 16.7. The van der Waals surface area contributed by atoms with Gasteiger partial charge in [0, 0.05) is 69.0 Å². The lowest BCUT2D eigenvalue weighted by Gasteiger charge is -2.37. The van der Waals surface area contributed by atoms with Crippen LogP contribution in [0.25, 0.3) is 0 Å². The number of benzene rings is 3. The molecule has 0 atom stereocenters. The van der Waals surface area contributed by atoms with Crippen LogP contribution in [0.15, 0.2) is 60.7 Å². The zero-order valence-corrected chi connectivity index (χ0v) is 23.0. The molecule has 2 N–H and O–H groups in total. The number of fused-ring (bicyclic) bond motifs is 1. The minimum absolute atomic E-state index is 0.0840. The van der Waals surface area contributed by atoms with Crippen molar-refractivity contribution in [3.63, 3.8) is 0 Å². The molecular formula is C31H30N6O5. The number of ether oxygens (including phenoxy) is 2. The lowest BCUT2D eigenvalue weighted by Crippen LogP contribution is -2.49. The molecule has 42 heavy (non-hydrogen) atoms. The second-order valence-electron chi connectivity index (χ2n) is 10.3.